The molecule has 0 aromatic heterocycles. The Morgan fingerprint density at radius 3 is 2.63 bits per heavy atom. The van der Waals surface area contributed by atoms with Gasteiger partial charge in [0.2, 0.25) is 5.91 Å². The molecule has 6 heteroatoms. The van der Waals surface area contributed by atoms with Crippen molar-refractivity contribution in [3.05, 3.63) is 64.7 Å². The lowest BCUT2D eigenvalue weighted by Gasteiger charge is -2.40. The van der Waals surface area contributed by atoms with Crippen molar-refractivity contribution in [2.75, 3.05) is 33.8 Å². The van der Waals surface area contributed by atoms with Gasteiger partial charge in [0.1, 0.15) is 5.75 Å². The molecule has 3 rings (SSSR count). The number of halogens is 1. The fourth-order valence-electron chi connectivity index (χ4n) is 3.45. The number of piperazine rings is 1. The van der Waals surface area contributed by atoms with Crippen LogP contribution >= 0.6 is 11.6 Å². The van der Waals surface area contributed by atoms with E-state index in [9.17, 15) is 9.90 Å². The fraction of sp³-hybridized carbons (Fsp3) is 0.381. The zero-order valence-electron chi connectivity index (χ0n) is 15.6. The molecule has 144 valence electrons. The topological polar surface area (TPSA) is 53.0 Å². The average molecular weight is 389 g/mol. The maximum atomic E-state index is 12.8. The molecule has 1 amide bonds. The number of aliphatic hydroxyl groups excluding tert-OH is 1. The molecule has 0 saturated carbocycles. The normalized spacial score (nSPS) is 19.2. The molecule has 2 aromatic carbocycles. The Hall–Kier alpha value is -2.08. The van der Waals surface area contributed by atoms with E-state index >= 15 is 0 Å². The number of β-amino-alcohol motifs (C(OH)–C–C–N with tert-alkyl or cyclic N) is 1. The summed E-state index contributed by atoms with van der Waals surface area (Å²) >= 11 is 6.24. The van der Waals surface area contributed by atoms with E-state index in [-0.39, 0.29) is 11.9 Å². The van der Waals surface area contributed by atoms with Gasteiger partial charge in [0.15, 0.2) is 0 Å². The van der Waals surface area contributed by atoms with Gasteiger partial charge in [0.25, 0.3) is 0 Å². The Morgan fingerprint density at radius 2 is 1.96 bits per heavy atom. The van der Waals surface area contributed by atoms with Gasteiger partial charge in [-0.25, -0.2) is 0 Å². The first kappa shape index (κ1) is 19.7. The maximum Gasteiger partial charge on any atom is 0.240 e. The van der Waals surface area contributed by atoms with E-state index in [1.165, 1.54) is 0 Å². The third-order valence-electron chi connectivity index (χ3n) is 5.06. The summed E-state index contributed by atoms with van der Waals surface area (Å²) in [6, 6.07) is 14.8. The van der Waals surface area contributed by atoms with E-state index in [4.69, 9.17) is 16.3 Å². The van der Waals surface area contributed by atoms with Crippen LogP contribution in [0.2, 0.25) is 5.02 Å². The van der Waals surface area contributed by atoms with Gasteiger partial charge in [0.05, 0.1) is 24.3 Å². The predicted molar refractivity (Wildman–Crippen MR) is 106 cm³/mol. The Balaban J connectivity index is 1.77. The maximum absolute atomic E-state index is 12.8. The number of aliphatic hydroxyl groups is 1. The lowest BCUT2D eigenvalue weighted by molar-refractivity contribution is -0.140. The fourth-order valence-corrected chi connectivity index (χ4v) is 3.73. The summed E-state index contributed by atoms with van der Waals surface area (Å²) in [5.74, 6) is 0.678. The number of rotatable bonds is 6. The average Bonchev–Trinajstić information content (AvgIpc) is 2.68. The van der Waals surface area contributed by atoms with Crippen LogP contribution in [0, 0.1) is 0 Å². The second-order valence-corrected chi connectivity index (χ2v) is 7.28. The zero-order chi connectivity index (χ0) is 19.4. The molecule has 27 heavy (non-hydrogen) atoms. The molecule has 1 aliphatic heterocycles. The molecule has 1 aliphatic rings. The van der Waals surface area contributed by atoms with E-state index in [0.29, 0.717) is 30.3 Å². The molecule has 1 fully saturated rings. The van der Waals surface area contributed by atoms with Gasteiger partial charge >= 0.3 is 0 Å². The highest BCUT2D eigenvalue weighted by Gasteiger charge is 2.34. The number of carbonyl (C=O) groups excluding carboxylic acids is 1. The summed E-state index contributed by atoms with van der Waals surface area (Å²) in [5.41, 5.74) is 1.82. The van der Waals surface area contributed by atoms with Crippen molar-refractivity contribution in [2.24, 2.45) is 0 Å². The number of hydrogen-bond acceptors (Lipinski definition) is 4. The standard InChI is InChI=1S/C21H25ClN2O3/c1-23-10-11-24(14-19(25)16-6-4-3-5-7-16)18(21(23)26)13-15-8-9-20(27-2)17(22)12-15/h3-9,12,18-19,25H,10-11,13-14H2,1-2H3. The monoisotopic (exact) mass is 388 g/mol. The molecule has 2 atom stereocenters. The molecule has 0 bridgehead atoms. The third-order valence-corrected chi connectivity index (χ3v) is 5.36. The van der Waals surface area contributed by atoms with Crippen LogP contribution in [-0.4, -0.2) is 60.6 Å². The van der Waals surface area contributed by atoms with Crippen LogP contribution in [0.3, 0.4) is 0 Å². The Labute approximate surface area is 165 Å². The van der Waals surface area contributed by atoms with Gasteiger partial charge in [-0.2, -0.15) is 0 Å². The van der Waals surface area contributed by atoms with Crippen LogP contribution in [0.1, 0.15) is 17.2 Å². The lowest BCUT2D eigenvalue weighted by Crippen LogP contribution is -2.57. The summed E-state index contributed by atoms with van der Waals surface area (Å²) in [7, 11) is 3.40. The van der Waals surface area contributed by atoms with Gasteiger partial charge < -0.3 is 14.7 Å². The number of benzene rings is 2. The highest BCUT2D eigenvalue weighted by Crippen LogP contribution is 2.27. The number of hydrogen-bond donors (Lipinski definition) is 1. The first-order valence-electron chi connectivity index (χ1n) is 9.04. The number of nitrogens with zero attached hydrogens (tertiary/aromatic N) is 2. The molecule has 1 saturated heterocycles. The van der Waals surface area contributed by atoms with E-state index in [0.717, 1.165) is 17.7 Å². The molecular formula is C21H25ClN2O3. The van der Waals surface area contributed by atoms with Crippen molar-refractivity contribution in [3.63, 3.8) is 0 Å². The highest BCUT2D eigenvalue weighted by atomic mass is 35.5. The third kappa shape index (κ3) is 4.61. The number of carbonyl (C=O) groups is 1. The van der Waals surface area contributed by atoms with Crippen LogP contribution in [0.15, 0.2) is 48.5 Å². The molecule has 2 unspecified atom stereocenters. The van der Waals surface area contributed by atoms with Crippen molar-refractivity contribution >= 4 is 17.5 Å². The second-order valence-electron chi connectivity index (χ2n) is 6.87. The summed E-state index contributed by atoms with van der Waals surface area (Å²) in [4.78, 5) is 16.6. The minimum Gasteiger partial charge on any atom is -0.495 e. The minimum atomic E-state index is -0.635. The quantitative estimate of drug-likeness (QED) is 0.826. The van der Waals surface area contributed by atoms with Crippen LogP contribution in [0.25, 0.3) is 0 Å². The van der Waals surface area contributed by atoms with Crippen molar-refractivity contribution in [3.8, 4) is 5.75 Å². The van der Waals surface area contributed by atoms with Gasteiger partial charge in [-0.1, -0.05) is 48.0 Å². The SMILES string of the molecule is COc1ccc(CC2C(=O)N(C)CCN2CC(O)c2ccccc2)cc1Cl. The van der Waals surface area contributed by atoms with Crippen LogP contribution in [0.5, 0.6) is 5.75 Å². The van der Waals surface area contributed by atoms with Crippen LogP contribution in [-0.2, 0) is 11.2 Å². The van der Waals surface area contributed by atoms with E-state index in [2.05, 4.69) is 4.90 Å². The van der Waals surface area contributed by atoms with Crippen LogP contribution < -0.4 is 4.74 Å². The Kier molecular flexibility index (Phi) is 6.37. The second kappa shape index (κ2) is 8.74. The van der Waals surface area contributed by atoms with Gasteiger partial charge in [-0.05, 0) is 29.7 Å². The number of ether oxygens (including phenoxy) is 1. The Morgan fingerprint density at radius 1 is 1.22 bits per heavy atom. The van der Waals surface area contributed by atoms with Crippen molar-refractivity contribution in [2.45, 2.75) is 18.6 Å². The minimum absolute atomic E-state index is 0.0634. The van der Waals surface area contributed by atoms with Gasteiger partial charge in [-0.15, -0.1) is 0 Å². The molecule has 0 aliphatic carbocycles. The van der Waals surface area contributed by atoms with Gasteiger partial charge in [-0.3, -0.25) is 9.69 Å². The summed E-state index contributed by atoms with van der Waals surface area (Å²) in [5, 5.41) is 11.1. The largest absolute Gasteiger partial charge is 0.495 e. The molecule has 1 heterocycles. The number of methoxy groups -OCH3 is 1. The molecule has 0 radical (unpaired) electrons. The smallest absolute Gasteiger partial charge is 0.240 e. The molecule has 1 N–H and O–H groups in total. The number of amides is 1. The molecule has 0 spiro atoms. The first-order valence-corrected chi connectivity index (χ1v) is 9.42. The van der Waals surface area contributed by atoms with Crippen molar-refractivity contribution in [1.29, 1.82) is 0 Å². The summed E-state index contributed by atoms with van der Waals surface area (Å²) < 4.78 is 5.20. The van der Waals surface area contributed by atoms with Crippen molar-refractivity contribution in [1.82, 2.24) is 9.80 Å². The highest BCUT2D eigenvalue weighted by molar-refractivity contribution is 6.32. The molecule has 2 aromatic rings. The zero-order valence-corrected chi connectivity index (χ0v) is 16.4. The summed E-state index contributed by atoms with van der Waals surface area (Å²) in [6.07, 6.45) is -0.0987. The Bertz CT molecular complexity index is 784. The molecule has 5 nitrogen and oxygen atoms in total. The molecular weight excluding hydrogens is 364 g/mol. The van der Waals surface area contributed by atoms with Gasteiger partial charge in [0, 0.05) is 26.7 Å². The van der Waals surface area contributed by atoms with E-state index < -0.39 is 6.10 Å². The lowest BCUT2D eigenvalue weighted by atomic mass is 10.00. The van der Waals surface area contributed by atoms with Crippen LogP contribution in [0.4, 0.5) is 0 Å². The number of likely N-dealkylation sites (N-methyl/N-ethyl adjacent to an activating group) is 1. The summed E-state index contributed by atoms with van der Waals surface area (Å²) in [6.45, 7) is 1.79. The van der Waals surface area contributed by atoms with E-state index in [1.807, 2.05) is 55.6 Å². The first-order chi connectivity index (χ1) is 13.0. The van der Waals surface area contributed by atoms with E-state index in [1.54, 1.807) is 12.0 Å². The van der Waals surface area contributed by atoms with Crippen molar-refractivity contribution < 1.29 is 14.6 Å². The predicted octanol–water partition coefficient (Wildman–Crippen LogP) is 2.77.